The summed E-state index contributed by atoms with van der Waals surface area (Å²) < 4.78 is 26.2. The summed E-state index contributed by atoms with van der Waals surface area (Å²) in [5, 5.41) is 3.06. The summed E-state index contributed by atoms with van der Waals surface area (Å²) in [4.78, 5) is 0. The Morgan fingerprint density at radius 2 is 1.84 bits per heavy atom. The van der Waals surface area contributed by atoms with Crippen molar-refractivity contribution in [2.45, 2.75) is 33.4 Å². The summed E-state index contributed by atoms with van der Waals surface area (Å²) in [5.74, 6) is 0.145. The second-order valence-electron chi connectivity index (χ2n) is 4.79. The molecular formula is C14H24N2O2S. The van der Waals surface area contributed by atoms with Gasteiger partial charge in [-0.25, -0.2) is 8.42 Å². The van der Waals surface area contributed by atoms with E-state index in [1.54, 1.807) is 4.31 Å². The van der Waals surface area contributed by atoms with E-state index in [4.69, 9.17) is 0 Å². The first-order chi connectivity index (χ1) is 8.97. The fourth-order valence-corrected chi connectivity index (χ4v) is 3.49. The van der Waals surface area contributed by atoms with Gasteiger partial charge in [-0.15, -0.1) is 0 Å². The van der Waals surface area contributed by atoms with E-state index in [1.165, 1.54) is 0 Å². The average Bonchev–Trinajstić information content (AvgIpc) is 2.37. The SMILES string of the molecule is CCNCCS(=O)(=O)N(Cc1ccccc1)C(C)C. The normalized spacial score (nSPS) is 12.3. The van der Waals surface area contributed by atoms with Gasteiger partial charge in [0.25, 0.3) is 0 Å². The van der Waals surface area contributed by atoms with Crippen molar-refractivity contribution in [3.63, 3.8) is 0 Å². The number of sulfonamides is 1. The molecule has 0 aliphatic rings. The van der Waals surface area contributed by atoms with Crippen LogP contribution in [0.5, 0.6) is 0 Å². The molecule has 1 aromatic carbocycles. The number of hydrogen-bond donors (Lipinski definition) is 1. The Bertz CT molecular complexity index is 458. The molecule has 0 unspecified atom stereocenters. The highest BCUT2D eigenvalue weighted by Gasteiger charge is 2.24. The zero-order valence-corrected chi connectivity index (χ0v) is 12.8. The number of nitrogens with zero attached hydrogens (tertiary/aromatic N) is 1. The molecule has 0 atom stereocenters. The maximum absolute atomic E-state index is 12.3. The molecule has 5 heteroatoms. The van der Waals surface area contributed by atoms with Gasteiger partial charge in [-0.2, -0.15) is 4.31 Å². The molecule has 0 aromatic heterocycles. The van der Waals surface area contributed by atoms with Crippen LogP contribution in [0.2, 0.25) is 0 Å². The molecule has 0 saturated carbocycles. The maximum atomic E-state index is 12.3. The standard InChI is InChI=1S/C14H24N2O2S/c1-4-15-10-11-19(17,18)16(13(2)3)12-14-8-6-5-7-9-14/h5-9,13,15H,4,10-12H2,1-3H3. The lowest BCUT2D eigenvalue weighted by molar-refractivity contribution is 0.348. The van der Waals surface area contributed by atoms with Crippen LogP contribution in [0.3, 0.4) is 0 Å². The molecule has 4 nitrogen and oxygen atoms in total. The van der Waals surface area contributed by atoms with E-state index >= 15 is 0 Å². The van der Waals surface area contributed by atoms with E-state index in [0.29, 0.717) is 13.1 Å². The van der Waals surface area contributed by atoms with E-state index in [-0.39, 0.29) is 11.8 Å². The Hall–Kier alpha value is -0.910. The Balaban J connectivity index is 2.77. The van der Waals surface area contributed by atoms with Gasteiger partial charge in [0, 0.05) is 19.1 Å². The first-order valence-electron chi connectivity index (χ1n) is 6.71. The predicted octanol–water partition coefficient (Wildman–Crippen LogP) is 1.84. The molecule has 0 fully saturated rings. The van der Waals surface area contributed by atoms with Crippen LogP contribution in [0.1, 0.15) is 26.3 Å². The molecular weight excluding hydrogens is 260 g/mol. The molecule has 0 bridgehead atoms. The number of nitrogens with one attached hydrogen (secondary N) is 1. The van der Waals surface area contributed by atoms with Crippen LogP contribution in [-0.2, 0) is 16.6 Å². The average molecular weight is 284 g/mol. The molecule has 1 aromatic rings. The van der Waals surface area contributed by atoms with Crippen LogP contribution >= 0.6 is 0 Å². The van der Waals surface area contributed by atoms with Gasteiger partial charge in [0.1, 0.15) is 0 Å². The lowest BCUT2D eigenvalue weighted by atomic mass is 10.2. The highest BCUT2D eigenvalue weighted by atomic mass is 32.2. The van der Waals surface area contributed by atoms with Crippen molar-refractivity contribution >= 4 is 10.0 Å². The molecule has 0 radical (unpaired) electrons. The molecule has 1 N–H and O–H groups in total. The lowest BCUT2D eigenvalue weighted by Crippen LogP contribution is -2.40. The molecule has 1 rings (SSSR count). The summed E-state index contributed by atoms with van der Waals surface area (Å²) in [7, 11) is -3.22. The zero-order valence-electron chi connectivity index (χ0n) is 12.0. The molecule has 0 aliphatic heterocycles. The summed E-state index contributed by atoms with van der Waals surface area (Å²) in [5.41, 5.74) is 1.02. The van der Waals surface area contributed by atoms with Crippen molar-refractivity contribution < 1.29 is 8.42 Å². The fraction of sp³-hybridized carbons (Fsp3) is 0.571. The molecule has 0 heterocycles. The van der Waals surface area contributed by atoms with Gasteiger partial charge in [-0.3, -0.25) is 0 Å². The van der Waals surface area contributed by atoms with Crippen LogP contribution in [0.4, 0.5) is 0 Å². The van der Waals surface area contributed by atoms with Crippen molar-refractivity contribution in [2.24, 2.45) is 0 Å². The molecule has 0 saturated heterocycles. The van der Waals surface area contributed by atoms with Gasteiger partial charge in [0.2, 0.25) is 10.0 Å². The Morgan fingerprint density at radius 1 is 1.21 bits per heavy atom. The van der Waals surface area contributed by atoms with Gasteiger partial charge in [-0.1, -0.05) is 37.3 Å². The van der Waals surface area contributed by atoms with Crippen molar-refractivity contribution in [2.75, 3.05) is 18.8 Å². The number of hydrogen-bond acceptors (Lipinski definition) is 3. The minimum Gasteiger partial charge on any atom is -0.316 e. The van der Waals surface area contributed by atoms with Crippen molar-refractivity contribution in [1.82, 2.24) is 9.62 Å². The van der Waals surface area contributed by atoms with Crippen molar-refractivity contribution in [1.29, 1.82) is 0 Å². The predicted molar refractivity (Wildman–Crippen MR) is 79.5 cm³/mol. The summed E-state index contributed by atoms with van der Waals surface area (Å²) >= 11 is 0. The van der Waals surface area contributed by atoms with Crippen LogP contribution in [0.15, 0.2) is 30.3 Å². The van der Waals surface area contributed by atoms with Crippen LogP contribution in [0.25, 0.3) is 0 Å². The van der Waals surface area contributed by atoms with Gasteiger partial charge in [0.05, 0.1) is 5.75 Å². The largest absolute Gasteiger partial charge is 0.316 e. The molecule has 108 valence electrons. The van der Waals surface area contributed by atoms with E-state index in [9.17, 15) is 8.42 Å². The molecule has 0 spiro atoms. The summed E-state index contributed by atoms with van der Waals surface area (Å²) in [6.07, 6.45) is 0. The van der Waals surface area contributed by atoms with Gasteiger partial charge in [0.15, 0.2) is 0 Å². The smallest absolute Gasteiger partial charge is 0.215 e. The minimum absolute atomic E-state index is 0.0353. The van der Waals surface area contributed by atoms with E-state index in [0.717, 1.165) is 12.1 Å². The first-order valence-corrected chi connectivity index (χ1v) is 8.32. The third-order valence-corrected chi connectivity index (χ3v) is 4.89. The highest BCUT2D eigenvalue weighted by Crippen LogP contribution is 2.13. The first kappa shape index (κ1) is 16.1. The van der Waals surface area contributed by atoms with Gasteiger partial charge >= 0.3 is 0 Å². The topological polar surface area (TPSA) is 49.4 Å². The zero-order chi connectivity index (χ0) is 14.3. The van der Waals surface area contributed by atoms with Gasteiger partial charge < -0.3 is 5.32 Å². The second kappa shape index (κ2) is 7.62. The third-order valence-electron chi connectivity index (χ3n) is 2.90. The Morgan fingerprint density at radius 3 is 2.37 bits per heavy atom. The van der Waals surface area contributed by atoms with E-state index in [1.807, 2.05) is 51.1 Å². The van der Waals surface area contributed by atoms with Crippen LogP contribution < -0.4 is 5.32 Å². The quantitative estimate of drug-likeness (QED) is 0.741. The Kier molecular flexibility index (Phi) is 6.48. The second-order valence-corrected chi connectivity index (χ2v) is 6.84. The molecule has 0 amide bonds. The van der Waals surface area contributed by atoms with Crippen LogP contribution in [-0.4, -0.2) is 37.6 Å². The van der Waals surface area contributed by atoms with E-state index < -0.39 is 10.0 Å². The third kappa shape index (κ3) is 5.30. The monoisotopic (exact) mass is 284 g/mol. The number of rotatable bonds is 8. The summed E-state index contributed by atoms with van der Waals surface area (Å²) in [6.45, 7) is 7.51. The highest BCUT2D eigenvalue weighted by molar-refractivity contribution is 7.89. The fourth-order valence-electron chi connectivity index (χ4n) is 1.86. The van der Waals surface area contributed by atoms with Crippen molar-refractivity contribution in [3.8, 4) is 0 Å². The molecule has 19 heavy (non-hydrogen) atoms. The molecule has 0 aliphatic carbocycles. The summed E-state index contributed by atoms with van der Waals surface area (Å²) in [6, 6.07) is 9.66. The minimum atomic E-state index is -3.22. The number of benzene rings is 1. The maximum Gasteiger partial charge on any atom is 0.215 e. The lowest BCUT2D eigenvalue weighted by Gasteiger charge is -2.26. The van der Waals surface area contributed by atoms with Gasteiger partial charge in [-0.05, 0) is 26.0 Å². The van der Waals surface area contributed by atoms with Crippen LogP contribution in [0, 0.1) is 0 Å². The van der Waals surface area contributed by atoms with Crippen molar-refractivity contribution in [3.05, 3.63) is 35.9 Å². The van der Waals surface area contributed by atoms with E-state index in [2.05, 4.69) is 5.32 Å². The Labute approximate surface area is 116 Å².